The number of ether oxygens (including phenoxy) is 1. The van der Waals surface area contributed by atoms with Crippen LogP contribution in [0.25, 0.3) is 0 Å². The molecule has 3 heteroatoms. The van der Waals surface area contributed by atoms with Gasteiger partial charge in [0.25, 0.3) is 0 Å². The molecule has 0 saturated carbocycles. The fraction of sp³-hybridized carbons (Fsp3) is 0.625. The zero-order valence-corrected chi connectivity index (χ0v) is 12.8. The lowest BCUT2D eigenvalue weighted by Crippen LogP contribution is -2.35. The van der Waals surface area contributed by atoms with E-state index in [9.17, 15) is 5.11 Å². The molecule has 1 aromatic carbocycles. The van der Waals surface area contributed by atoms with Gasteiger partial charge < -0.3 is 15.6 Å². The largest absolute Gasteiger partial charge is 0.493 e. The molecule has 0 spiro atoms. The highest BCUT2D eigenvalue weighted by Crippen LogP contribution is 2.32. The Morgan fingerprint density at radius 3 is 2.37 bits per heavy atom. The maximum atomic E-state index is 9.87. The predicted molar refractivity (Wildman–Crippen MR) is 79.7 cm³/mol. The maximum absolute atomic E-state index is 9.87. The van der Waals surface area contributed by atoms with Crippen LogP contribution in [0.4, 0.5) is 0 Å². The number of aryl methyl sites for hydroxylation is 1. The summed E-state index contributed by atoms with van der Waals surface area (Å²) < 4.78 is 5.84. The van der Waals surface area contributed by atoms with Crippen molar-refractivity contribution in [3.8, 4) is 5.75 Å². The molecule has 1 aromatic rings. The molecule has 3 nitrogen and oxygen atoms in total. The lowest BCUT2D eigenvalue weighted by atomic mass is 9.85. The van der Waals surface area contributed by atoms with Crippen molar-refractivity contribution in [1.29, 1.82) is 0 Å². The van der Waals surface area contributed by atoms with Gasteiger partial charge in [0.05, 0.1) is 12.2 Å². The molecule has 0 bridgehead atoms. The SMILES string of the molecule is Cc1ccc(OCCC(C)(O)CN)c(C(C)(C)C)c1. The standard InChI is InChI=1S/C16H27NO2/c1-12-6-7-14(13(10-12)15(2,3)4)19-9-8-16(5,18)11-17/h6-7,10,18H,8-9,11,17H2,1-5H3. The average Bonchev–Trinajstić information content (AvgIpc) is 2.29. The second-order valence-corrected chi connectivity index (χ2v) is 6.55. The molecule has 0 aliphatic carbocycles. The van der Waals surface area contributed by atoms with Crippen LogP contribution in [0.1, 0.15) is 45.2 Å². The monoisotopic (exact) mass is 265 g/mol. The van der Waals surface area contributed by atoms with Gasteiger partial charge >= 0.3 is 0 Å². The van der Waals surface area contributed by atoms with Crippen LogP contribution in [0, 0.1) is 6.92 Å². The van der Waals surface area contributed by atoms with Crippen molar-refractivity contribution in [1.82, 2.24) is 0 Å². The Morgan fingerprint density at radius 2 is 1.84 bits per heavy atom. The molecule has 0 aliphatic heterocycles. The summed E-state index contributed by atoms with van der Waals surface area (Å²) in [6.45, 7) is 11.0. The second kappa shape index (κ2) is 5.93. The van der Waals surface area contributed by atoms with Crippen LogP contribution >= 0.6 is 0 Å². The van der Waals surface area contributed by atoms with Crippen molar-refractivity contribution in [2.45, 2.75) is 52.1 Å². The molecular weight excluding hydrogens is 238 g/mol. The number of hydrogen-bond donors (Lipinski definition) is 2. The molecule has 0 radical (unpaired) electrons. The van der Waals surface area contributed by atoms with Gasteiger partial charge in [-0.1, -0.05) is 38.5 Å². The normalized spacial score (nSPS) is 15.1. The summed E-state index contributed by atoms with van der Waals surface area (Å²) in [5.74, 6) is 0.894. The van der Waals surface area contributed by atoms with Crippen LogP contribution in [-0.2, 0) is 5.41 Å². The molecular formula is C16H27NO2. The minimum Gasteiger partial charge on any atom is -0.493 e. The van der Waals surface area contributed by atoms with Gasteiger partial charge in [-0.25, -0.2) is 0 Å². The van der Waals surface area contributed by atoms with Crippen molar-refractivity contribution in [2.24, 2.45) is 5.73 Å². The highest BCUT2D eigenvalue weighted by molar-refractivity contribution is 5.41. The van der Waals surface area contributed by atoms with E-state index >= 15 is 0 Å². The lowest BCUT2D eigenvalue weighted by Gasteiger charge is -2.25. The zero-order chi connectivity index (χ0) is 14.7. The molecule has 0 aliphatic rings. The number of hydrogen-bond acceptors (Lipinski definition) is 3. The quantitative estimate of drug-likeness (QED) is 0.860. The summed E-state index contributed by atoms with van der Waals surface area (Å²) in [5.41, 5.74) is 7.11. The maximum Gasteiger partial charge on any atom is 0.123 e. The summed E-state index contributed by atoms with van der Waals surface area (Å²) in [6, 6.07) is 6.22. The smallest absolute Gasteiger partial charge is 0.123 e. The van der Waals surface area contributed by atoms with Crippen molar-refractivity contribution in [3.05, 3.63) is 29.3 Å². The highest BCUT2D eigenvalue weighted by atomic mass is 16.5. The summed E-state index contributed by atoms with van der Waals surface area (Å²) >= 11 is 0. The van der Waals surface area contributed by atoms with Gasteiger partial charge in [0.15, 0.2) is 0 Å². The Kier molecular flexibility index (Phi) is 4.99. The molecule has 0 aromatic heterocycles. The van der Waals surface area contributed by atoms with Crippen LogP contribution in [0.15, 0.2) is 18.2 Å². The molecule has 108 valence electrons. The molecule has 0 heterocycles. The van der Waals surface area contributed by atoms with Crippen LogP contribution < -0.4 is 10.5 Å². The summed E-state index contributed by atoms with van der Waals surface area (Å²) in [5, 5.41) is 9.87. The minimum atomic E-state index is -0.855. The van der Waals surface area contributed by atoms with Gasteiger partial charge in [-0.15, -0.1) is 0 Å². The van der Waals surface area contributed by atoms with Gasteiger partial charge in [-0.3, -0.25) is 0 Å². The lowest BCUT2D eigenvalue weighted by molar-refractivity contribution is 0.0451. The van der Waals surface area contributed by atoms with Gasteiger partial charge in [0.1, 0.15) is 5.75 Å². The number of nitrogens with two attached hydrogens (primary N) is 1. The van der Waals surface area contributed by atoms with Crippen LogP contribution in [-0.4, -0.2) is 23.9 Å². The Labute approximate surface area is 116 Å². The second-order valence-electron chi connectivity index (χ2n) is 6.55. The van der Waals surface area contributed by atoms with E-state index in [1.807, 2.05) is 12.1 Å². The van der Waals surface area contributed by atoms with E-state index in [0.29, 0.717) is 13.0 Å². The molecule has 19 heavy (non-hydrogen) atoms. The van der Waals surface area contributed by atoms with Crippen LogP contribution in [0.2, 0.25) is 0 Å². The first-order chi connectivity index (χ1) is 8.65. The fourth-order valence-electron chi connectivity index (χ4n) is 1.84. The van der Waals surface area contributed by atoms with E-state index in [-0.39, 0.29) is 12.0 Å². The topological polar surface area (TPSA) is 55.5 Å². The summed E-state index contributed by atoms with van der Waals surface area (Å²) in [4.78, 5) is 0. The van der Waals surface area contributed by atoms with Crippen molar-refractivity contribution in [2.75, 3.05) is 13.2 Å². The van der Waals surface area contributed by atoms with Gasteiger partial charge in [0.2, 0.25) is 0 Å². The summed E-state index contributed by atoms with van der Waals surface area (Å²) in [6.07, 6.45) is 0.529. The third-order valence-corrected chi connectivity index (χ3v) is 3.28. The molecule has 1 atom stereocenters. The Hall–Kier alpha value is -1.06. The number of rotatable bonds is 5. The third kappa shape index (κ3) is 4.84. The molecule has 0 saturated heterocycles. The molecule has 1 unspecified atom stereocenters. The first-order valence-electron chi connectivity index (χ1n) is 6.82. The van der Waals surface area contributed by atoms with Crippen molar-refractivity contribution < 1.29 is 9.84 Å². The predicted octanol–water partition coefficient (Wildman–Crippen LogP) is 2.77. The highest BCUT2D eigenvalue weighted by Gasteiger charge is 2.21. The molecule has 0 amide bonds. The number of aliphatic hydroxyl groups is 1. The minimum absolute atomic E-state index is 0.0394. The summed E-state index contributed by atoms with van der Waals surface area (Å²) in [7, 11) is 0. The molecule has 0 fully saturated rings. The van der Waals surface area contributed by atoms with E-state index in [4.69, 9.17) is 10.5 Å². The van der Waals surface area contributed by atoms with Crippen LogP contribution in [0.5, 0.6) is 5.75 Å². The van der Waals surface area contributed by atoms with Gasteiger partial charge in [-0.2, -0.15) is 0 Å². The van der Waals surface area contributed by atoms with E-state index in [2.05, 4.69) is 33.8 Å². The van der Waals surface area contributed by atoms with E-state index in [0.717, 1.165) is 5.75 Å². The zero-order valence-electron chi connectivity index (χ0n) is 12.8. The molecule has 3 N–H and O–H groups in total. The van der Waals surface area contributed by atoms with Gasteiger partial charge in [0, 0.05) is 13.0 Å². The Balaban J connectivity index is 2.79. The van der Waals surface area contributed by atoms with Gasteiger partial charge in [-0.05, 0) is 30.9 Å². The average molecular weight is 265 g/mol. The number of benzene rings is 1. The van der Waals surface area contributed by atoms with Crippen molar-refractivity contribution >= 4 is 0 Å². The first kappa shape index (κ1) is 16.0. The Bertz CT molecular complexity index is 419. The fourth-order valence-corrected chi connectivity index (χ4v) is 1.84. The van der Waals surface area contributed by atoms with Crippen molar-refractivity contribution in [3.63, 3.8) is 0 Å². The molecule has 1 rings (SSSR count). The van der Waals surface area contributed by atoms with E-state index in [1.54, 1.807) is 6.92 Å². The van der Waals surface area contributed by atoms with E-state index < -0.39 is 5.60 Å². The van der Waals surface area contributed by atoms with Crippen LogP contribution in [0.3, 0.4) is 0 Å². The third-order valence-electron chi connectivity index (χ3n) is 3.28. The first-order valence-corrected chi connectivity index (χ1v) is 6.82. The Morgan fingerprint density at radius 1 is 1.21 bits per heavy atom. The van der Waals surface area contributed by atoms with E-state index in [1.165, 1.54) is 11.1 Å².